The van der Waals surface area contributed by atoms with Crippen molar-refractivity contribution in [1.29, 1.82) is 0 Å². The van der Waals surface area contributed by atoms with E-state index in [1.54, 1.807) is 0 Å². The molecule has 0 N–H and O–H groups in total. The number of rotatable bonds is 6. The molecule has 4 unspecified atom stereocenters. The van der Waals surface area contributed by atoms with Crippen LogP contribution in [0.4, 0.5) is 0 Å². The standard InChI is InChI=1S/C24H42BNO2Si2/c1-23(2)19-16-20(23)24(3)21(17-19)27-25(28-24)22(15-18-13-11-10-12-14-18)26(29(4,5)6)30(7,8)9/h10-14,19-22H,15-17H2,1-9H3/t19?,20?,21?,22?,24-/m0/s1. The fourth-order valence-electron chi connectivity index (χ4n) is 7.23. The highest BCUT2D eigenvalue weighted by Gasteiger charge is 2.69. The molecule has 3 aliphatic carbocycles. The predicted octanol–water partition coefficient (Wildman–Crippen LogP) is 5.84. The molecule has 5 rings (SSSR count). The van der Waals surface area contributed by atoms with Gasteiger partial charge in [0.2, 0.25) is 0 Å². The first-order valence-corrected chi connectivity index (χ1v) is 18.8. The van der Waals surface area contributed by atoms with Crippen LogP contribution in [0.1, 0.15) is 39.2 Å². The summed E-state index contributed by atoms with van der Waals surface area (Å²) in [5.74, 6) is 1.69. The molecule has 3 nitrogen and oxygen atoms in total. The van der Waals surface area contributed by atoms with Gasteiger partial charge in [0.15, 0.2) is 0 Å². The molecule has 4 fully saturated rings. The van der Waals surface area contributed by atoms with Crippen LogP contribution in [0.5, 0.6) is 0 Å². The van der Waals surface area contributed by atoms with Gasteiger partial charge in [0.05, 0.1) is 11.7 Å². The smallest absolute Gasteiger partial charge is 0.404 e. The fourth-order valence-corrected chi connectivity index (χ4v) is 17.7. The van der Waals surface area contributed by atoms with Crippen LogP contribution in [0.2, 0.25) is 39.3 Å². The van der Waals surface area contributed by atoms with Crippen LogP contribution >= 0.6 is 0 Å². The maximum atomic E-state index is 7.02. The van der Waals surface area contributed by atoms with Crippen molar-refractivity contribution in [2.24, 2.45) is 17.3 Å². The van der Waals surface area contributed by atoms with Crippen molar-refractivity contribution < 1.29 is 9.31 Å². The lowest BCUT2D eigenvalue weighted by molar-refractivity contribution is -0.199. The van der Waals surface area contributed by atoms with Crippen LogP contribution in [-0.4, -0.2) is 45.5 Å². The van der Waals surface area contributed by atoms with E-state index in [1.807, 2.05) is 0 Å². The molecule has 166 valence electrons. The van der Waals surface area contributed by atoms with Crippen LogP contribution in [0.15, 0.2) is 30.3 Å². The summed E-state index contributed by atoms with van der Waals surface area (Å²) >= 11 is 0. The van der Waals surface area contributed by atoms with Crippen molar-refractivity contribution in [2.45, 2.75) is 97.0 Å². The SMILES string of the molecule is CC1(C)C2CC3OB(C(Cc4ccccc4)N([Si](C)(C)C)[Si](C)(C)C)O[C@@]3(C)C1C2. The minimum Gasteiger partial charge on any atom is -0.404 e. The zero-order valence-corrected chi connectivity index (χ0v) is 22.7. The second-order valence-electron chi connectivity index (χ2n) is 12.8. The van der Waals surface area contributed by atoms with Gasteiger partial charge in [0.25, 0.3) is 0 Å². The minimum absolute atomic E-state index is 0.131. The third kappa shape index (κ3) is 3.70. The lowest BCUT2D eigenvalue weighted by Gasteiger charge is -2.64. The molecule has 1 saturated heterocycles. The number of hydrogen-bond acceptors (Lipinski definition) is 3. The van der Waals surface area contributed by atoms with E-state index in [4.69, 9.17) is 9.31 Å². The molecule has 0 radical (unpaired) electrons. The van der Waals surface area contributed by atoms with Gasteiger partial charge >= 0.3 is 7.12 Å². The predicted molar refractivity (Wildman–Crippen MR) is 133 cm³/mol. The third-order valence-electron chi connectivity index (χ3n) is 8.35. The number of benzene rings is 1. The minimum atomic E-state index is -1.58. The van der Waals surface area contributed by atoms with Crippen molar-refractivity contribution in [3.63, 3.8) is 0 Å². The van der Waals surface area contributed by atoms with E-state index in [2.05, 4.69) is 94.6 Å². The average molecular weight is 444 g/mol. The Morgan fingerprint density at radius 3 is 2.13 bits per heavy atom. The molecule has 0 aromatic heterocycles. The Morgan fingerprint density at radius 2 is 1.60 bits per heavy atom. The largest absolute Gasteiger partial charge is 0.475 e. The lowest BCUT2D eigenvalue weighted by atomic mass is 9.43. The summed E-state index contributed by atoms with van der Waals surface area (Å²) in [5.41, 5.74) is 1.64. The maximum absolute atomic E-state index is 7.02. The zero-order valence-electron chi connectivity index (χ0n) is 20.7. The van der Waals surface area contributed by atoms with E-state index in [0.717, 1.165) is 18.8 Å². The molecular weight excluding hydrogens is 401 g/mol. The molecule has 1 heterocycles. The second-order valence-corrected chi connectivity index (χ2v) is 22.9. The average Bonchev–Trinajstić information content (AvgIpc) is 2.96. The molecule has 0 spiro atoms. The van der Waals surface area contributed by atoms with Crippen molar-refractivity contribution in [2.75, 3.05) is 0 Å². The van der Waals surface area contributed by atoms with E-state index < -0.39 is 16.5 Å². The molecule has 6 heteroatoms. The highest BCUT2D eigenvalue weighted by Crippen LogP contribution is 2.65. The lowest BCUT2D eigenvalue weighted by Crippen LogP contribution is -2.68. The number of nitrogens with zero attached hydrogens (tertiary/aromatic N) is 1. The molecule has 1 aromatic rings. The molecule has 0 amide bonds. The first kappa shape index (κ1) is 22.8. The van der Waals surface area contributed by atoms with Gasteiger partial charge in [-0.1, -0.05) is 83.5 Å². The molecule has 3 saturated carbocycles. The maximum Gasteiger partial charge on any atom is 0.475 e. The Labute approximate surface area is 187 Å². The Hall–Kier alpha value is -0.401. The van der Waals surface area contributed by atoms with Gasteiger partial charge in [-0.2, -0.15) is 0 Å². The van der Waals surface area contributed by atoms with Gasteiger partial charge < -0.3 is 13.5 Å². The van der Waals surface area contributed by atoms with Crippen molar-refractivity contribution in [3.05, 3.63) is 35.9 Å². The summed E-state index contributed by atoms with van der Waals surface area (Å²) in [6.45, 7) is 22.2. The highest BCUT2D eigenvalue weighted by molar-refractivity contribution is 6.90. The monoisotopic (exact) mass is 443 g/mol. The first-order valence-electron chi connectivity index (χ1n) is 11.9. The Kier molecular flexibility index (Phi) is 5.55. The molecule has 5 atom stereocenters. The van der Waals surface area contributed by atoms with Crippen LogP contribution < -0.4 is 0 Å². The summed E-state index contributed by atoms with van der Waals surface area (Å²) in [5, 5.41) is 0. The van der Waals surface area contributed by atoms with E-state index in [1.165, 1.54) is 12.0 Å². The molecule has 1 aromatic carbocycles. The van der Waals surface area contributed by atoms with Crippen LogP contribution in [0, 0.1) is 17.3 Å². The quantitative estimate of drug-likeness (QED) is 0.516. The molecule has 2 bridgehead atoms. The summed E-state index contributed by atoms with van der Waals surface area (Å²) in [6, 6.07) is 11.0. The van der Waals surface area contributed by atoms with E-state index in [9.17, 15) is 0 Å². The fraction of sp³-hybridized carbons (Fsp3) is 0.750. The molecule has 4 aliphatic rings. The second kappa shape index (κ2) is 7.31. The van der Waals surface area contributed by atoms with Crippen molar-refractivity contribution in [1.82, 2.24) is 4.23 Å². The van der Waals surface area contributed by atoms with Gasteiger partial charge in [-0.25, -0.2) is 0 Å². The van der Waals surface area contributed by atoms with Crippen LogP contribution in [0.3, 0.4) is 0 Å². The first-order chi connectivity index (χ1) is 13.7. The van der Waals surface area contributed by atoms with Crippen molar-refractivity contribution >= 4 is 23.6 Å². The summed E-state index contributed by atoms with van der Waals surface area (Å²) < 4.78 is 16.8. The van der Waals surface area contributed by atoms with E-state index in [-0.39, 0.29) is 24.8 Å². The van der Waals surface area contributed by atoms with Gasteiger partial charge in [0.1, 0.15) is 16.5 Å². The third-order valence-corrected chi connectivity index (χ3v) is 15.9. The Morgan fingerprint density at radius 1 is 1.00 bits per heavy atom. The van der Waals surface area contributed by atoms with Crippen LogP contribution in [0.25, 0.3) is 0 Å². The van der Waals surface area contributed by atoms with E-state index in [0.29, 0.717) is 11.3 Å². The van der Waals surface area contributed by atoms with Crippen molar-refractivity contribution in [3.8, 4) is 0 Å². The summed E-state index contributed by atoms with van der Waals surface area (Å²) in [7, 11) is -3.29. The normalized spacial score (nSPS) is 33.9. The summed E-state index contributed by atoms with van der Waals surface area (Å²) in [4.78, 5) is 0. The van der Waals surface area contributed by atoms with Gasteiger partial charge in [-0.15, -0.1) is 0 Å². The molecule has 30 heavy (non-hydrogen) atoms. The zero-order chi connectivity index (χ0) is 22.1. The molecule has 1 aliphatic heterocycles. The molecular formula is C24H42BNO2Si2. The van der Waals surface area contributed by atoms with Gasteiger partial charge in [-0.3, -0.25) is 0 Å². The van der Waals surface area contributed by atoms with Crippen LogP contribution in [-0.2, 0) is 15.7 Å². The highest BCUT2D eigenvalue weighted by atomic mass is 28.4. The van der Waals surface area contributed by atoms with Gasteiger partial charge in [-0.05, 0) is 49.0 Å². The summed E-state index contributed by atoms with van der Waals surface area (Å²) in [6.07, 6.45) is 3.72. The Bertz CT molecular complexity index is 762. The van der Waals surface area contributed by atoms with E-state index >= 15 is 0 Å². The topological polar surface area (TPSA) is 21.7 Å². The van der Waals surface area contributed by atoms with Gasteiger partial charge in [0, 0.05) is 5.94 Å². The Balaban J connectivity index is 1.68. The number of hydrogen-bond donors (Lipinski definition) is 0.